The minimum atomic E-state index is 0.890. The number of likely N-dealkylation sites (tertiary alicyclic amines) is 1. The van der Waals surface area contributed by atoms with Crippen LogP contribution in [0.3, 0.4) is 0 Å². The van der Waals surface area contributed by atoms with E-state index in [1.165, 1.54) is 58.8 Å². The molecule has 17 heavy (non-hydrogen) atoms. The Kier molecular flexibility index (Phi) is 4.83. The quantitative estimate of drug-likeness (QED) is 0.733. The van der Waals surface area contributed by atoms with Crippen molar-refractivity contribution in [2.45, 2.75) is 20.3 Å². The summed E-state index contributed by atoms with van der Waals surface area (Å²) in [5.74, 6) is 1.79. The lowest BCUT2D eigenvalue weighted by Gasteiger charge is -2.40. The Morgan fingerprint density at radius 1 is 1.00 bits per heavy atom. The van der Waals surface area contributed by atoms with E-state index in [0.717, 1.165) is 11.8 Å². The number of nitrogens with zero attached hydrogens (tertiary/aromatic N) is 3. The Labute approximate surface area is 107 Å². The lowest BCUT2D eigenvalue weighted by molar-refractivity contribution is 0.0829. The predicted octanol–water partition coefficient (Wildman–Crippen LogP) is 1.21. The number of likely N-dealkylation sites (N-methyl/N-ethyl adjacent to an activating group) is 1. The molecule has 0 aliphatic carbocycles. The standard InChI is InChI=1S/C14H29N3/c1-4-16-10-13(2)9-14(11-16)12-17-7-5-15(3)6-8-17/h13-14H,4-12H2,1-3H3. The number of hydrogen-bond acceptors (Lipinski definition) is 3. The molecule has 0 saturated carbocycles. The van der Waals surface area contributed by atoms with Gasteiger partial charge in [0, 0.05) is 45.8 Å². The van der Waals surface area contributed by atoms with Gasteiger partial charge in [-0.1, -0.05) is 13.8 Å². The van der Waals surface area contributed by atoms with Crippen LogP contribution in [-0.2, 0) is 0 Å². The normalized spacial score (nSPS) is 34.1. The van der Waals surface area contributed by atoms with Crippen molar-refractivity contribution >= 4 is 0 Å². The van der Waals surface area contributed by atoms with Crippen molar-refractivity contribution in [3.63, 3.8) is 0 Å². The molecule has 2 fully saturated rings. The van der Waals surface area contributed by atoms with E-state index < -0.39 is 0 Å². The number of hydrogen-bond donors (Lipinski definition) is 0. The third-order valence-corrected chi connectivity index (χ3v) is 4.38. The molecule has 0 aromatic carbocycles. The fourth-order valence-electron chi connectivity index (χ4n) is 3.38. The van der Waals surface area contributed by atoms with Crippen LogP contribution in [0.15, 0.2) is 0 Å². The van der Waals surface area contributed by atoms with Gasteiger partial charge in [-0.3, -0.25) is 0 Å². The molecule has 0 aromatic rings. The molecular weight excluding hydrogens is 210 g/mol. The first-order valence-electron chi connectivity index (χ1n) is 7.30. The SMILES string of the molecule is CCN1CC(C)CC(CN2CCN(C)CC2)C1. The molecule has 2 heterocycles. The second kappa shape index (κ2) is 6.17. The first kappa shape index (κ1) is 13.3. The molecule has 0 amide bonds. The summed E-state index contributed by atoms with van der Waals surface area (Å²) in [6.45, 7) is 14.9. The maximum absolute atomic E-state index is 2.68. The first-order valence-corrected chi connectivity index (χ1v) is 7.30. The van der Waals surface area contributed by atoms with Gasteiger partial charge < -0.3 is 14.7 Å². The average Bonchev–Trinajstić information content (AvgIpc) is 2.31. The zero-order chi connectivity index (χ0) is 12.3. The van der Waals surface area contributed by atoms with Gasteiger partial charge >= 0.3 is 0 Å². The lowest BCUT2D eigenvalue weighted by Crippen LogP contribution is -2.49. The molecule has 3 nitrogen and oxygen atoms in total. The van der Waals surface area contributed by atoms with Gasteiger partial charge in [0.25, 0.3) is 0 Å². The van der Waals surface area contributed by atoms with Crippen molar-refractivity contribution in [1.82, 2.24) is 14.7 Å². The van der Waals surface area contributed by atoms with Crippen LogP contribution in [0.2, 0.25) is 0 Å². The van der Waals surface area contributed by atoms with E-state index in [9.17, 15) is 0 Å². The van der Waals surface area contributed by atoms with E-state index in [0.29, 0.717) is 0 Å². The van der Waals surface area contributed by atoms with E-state index >= 15 is 0 Å². The monoisotopic (exact) mass is 239 g/mol. The van der Waals surface area contributed by atoms with Crippen molar-refractivity contribution in [2.24, 2.45) is 11.8 Å². The van der Waals surface area contributed by atoms with Crippen LogP contribution < -0.4 is 0 Å². The van der Waals surface area contributed by atoms with Crippen molar-refractivity contribution in [3.05, 3.63) is 0 Å². The summed E-state index contributed by atoms with van der Waals surface area (Å²) in [6, 6.07) is 0. The fourth-order valence-corrected chi connectivity index (χ4v) is 3.38. The Morgan fingerprint density at radius 3 is 2.35 bits per heavy atom. The molecule has 2 saturated heterocycles. The Bertz CT molecular complexity index is 224. The van der Waals surface area contributed by atoms with Crippen LogP contribution >= 0.6 is 0 Å². The predicted molar refractivity (Wildman–Crippen MR) is 73.3 cm³/mol. The molecule has 2 aliphatic rings. The van der Waals surface area contributed by atoms with E-state index in [-0.39, 0.29) is 0 Å². The zero-order valence-electron chi connectivity index (χ0n) is 11.9. The van der Waals surface area contributed by atoms with Gasteiger partial charge in [0.2, 0.25) is 0 Å². The third kappa shape index (κ3) is 3.94. The molecule has 100 valence electrons. The van der Waals surface area contributed by atoms with Gasteiger partial charge in [-0.25, -0.2) is 0 Å². The van der Waals surface area contributed by atoms with E-state index in [1.54, 1.807) is 0 Å². The Morgan fingerprint density at radius 2 is 1.71 bits per heavy atom. The number of piperazine rings is 1. The number of rotatable bonds is 3. The van der Waals surface area contributed by atoms with Gasteiger partial charge in [0.1, 0.15) is 0 Å². The first-order chi connectivity index (χ1) is 8.17. The zero-order valence-corrected chi connectivity index (χ0v) is 11.9. The highest BCUT2D eigenvalue weighted by molar-refractivity contribution is 4.80. The molecule has 2 unspecified atom stereocenters. The van der Waals surface area contributed by atoms with Crippen LogP contribution in [0.5, 0.6) is 0 Å². The topological polar surface area (TPSA) is 9.72 Å². The lowest BCUT2D eigenvalue weighted by atomic mass is 9.90. The molecule has 0 spiro atoms. The minimum absolute atomic E-state index is 0.890. The molecule has 0 radical (unpaired) electrons. The molecule has 0 bridgehead atoms. The largest absolute Gasteiger partial charge is 0.304 e. The molecule has 3 heteroatoms. The van der Waals surface area contributed by atoms with Crippen molar-refractivity contribution in [3.8, 4) is 0 Å². The highest BCUT2D eigenvalue weighted by Crippen LogP contribution is 2.22. The highest BCUT2D eigenvalue weighted by atomic mass is 15.2. The summed E-state index contributed by atoms with van der Waals surface area (Å²) < 4.78 is 0. The van der Waals surface area contributed by atoms with Crippen molar-refractivity contribution < 1.29 is 0 Å². The van der Waals surface area contributed by atoms with E-state index in [4.69, 9.17) is 0 Å². The molecule has 2 rings (SSSR count). The molecule has 0 aromatic heterocycles. The molecular formula is C14H29N3. The third-order valence-electron chi connectivity index (χ3n) is 4.38. The summed E-state index contributed by atoms with van der Waals surface area (Å²) in [7, 11) is 2.23. The van der Waals surface area contributed by atoms with E-state index in [2.05, 4.69) is 35.6 Å². The second-order valence-corrected chi connectivity index (χ2v) is 6.16. The van der Waals surface area contributed by atoms with Gasteiger partial charge in [0.05, 0.1) is 0 Å². The van der Waals surface area contributed by atoms with E-state index in [1.807, 2.05) is 0 Å². The summed E-state index contributed by atoms with van der Waals surface area (Å²) in [6.07, 6.45) is 1.43. The van der Waals surface area contributed by atoms with Gasteiger partial charge in [0.15, 0.2) is 0 Å². The highest BCUT2D eigenvalue weighted by Gasteiger charge is 2.26. The molecule has 2 aliphatic heterocycles. The maximum Gasteiger partial charge on any atom is 0.0110 e. The van der Waals surface area contributed by atoms with Crippen LogP contribution in [-0.4, -0.2) is 74.1 Å². The van der Waals surface area contributed by atoms with Crippen molar-refractivity contribution in [2.75, 3.05) is 59.4 Å². The summed E-state index contributed by atoms with van der Waals surface area (Å²) in [4.78, 5) is 7.75. The number of piperidine rings is 1. The molecule has 0 N–H and O–H groups in total. The summed E-state index contributed by atoms with van der Waals surface area (Å²) in [5.41, 5.74) is 0. The summed E-state index contributed by atoms with van der Waals surface area (Å²) in [5, 5.41) is 0. The Hall–Kier alpha value is -0.120. The second-order valence-electron chi connectivity index (χ2n) is 6.16. The average molecular weight is 239 g/mol. The van der Waals surface area contributed by atoms with Crippen LogP contribution in [0.4, 0.5) is 0 Å². The van der Waals surface area contributed by atoms with Gasteiger partial charge in [-0.05, 0) is 31.8 Å². The Balaban J connectivity index is 1.77. The van der Waals surface area contributed by atoms with Gasteiger partial charge in [-0.15, -0.1) is 0 Å². The van der Waals surface area contributed by atoms with Crippen molar-refractivity contribution in [1.29, 1.82) is 0 Å². The fraction of sp³-hybridized carbons (Fsp3) is 1.00. The maximum atomic E-state index is 2.68. The van der Waals surface area contributed by atoms with Crippen LogP contribution in [0.25, 0.3) is 0 Å². The van der Waals surface area contributed by atoms with Gasteiger partial charge in [-0.2, -0.15) is 0 Å². The minimum Gasteiger partial charge on any atom is -0.304 e. The smallest absolute Gasteiger partial charge is 0.0110 e. The van der Waals surface area contributed by atoms with Crippen LogP contribution in [0, 0.1) is 11.8 Å². The molecule has 2 atom stereocenters. The summed E-state index contributed by atoms with van der Waals surface area (Å²) >= 11 is 0. The van der Waals surface area contributed by atoms with Crippen LogP contribution in [0.1, 0.15) is 20.3 Å².